The minimum Gasteiger partial charge on any atom is -0.368 e. The number of hydrogen-bond acceptors (Lipinski definition) is 4. The van der Waals surface area contributed by atoms with Crippen LogP contribution in [0, 0.1) is 13.8 Å². The number of aryl methyl sites for hydroxylation is 2. The molecule has 0 aliphatic carbocycles. The van der Waals surface area contributed by atoms with Crippen LogP contribution in [0.2, 0.25) is 5.02 Å². The Kier molecular flexibility index (Phi) is 7.40. The third-order valence-electron chi connectivity index (χ3n) is 5.64. The molecule has 1 amide bonds. The topological polar surface area (TPSA) is 35.6 Å². The third kappa shape index (κ3) is 5.85. The number of amides is 1. The van der Waals surface area contributed by atoms with Crippen LogP contribution in [0.4, 0.5) is 11.4 Å². The maximum Gasteiger partial charge on any atom is 0.238 e. The smallest absolute Gasteiger partial charge is 0.238 e. The van der Waals surface area contributed by atoms with E-state index in [1.807, 2.05) is 36.4 Å². The quantitative estimate of drug-likeness (QED) is 0.494. The van der Waals surface area contributed by atoms with Crippen LogP contribution in [-0.2, 0) is 4.79 Å². The molecule has 1 saturated heterocycles. The van der Waals surface area contributed by atoms with E-state index < -0.39 is 0 Å². The highest BCUT2D eigenvalue weighted by Crippen LogP contribution is 2.31. The number of anilines is 2. The van der Waals surface area contributed by atoms with E-state index in [9.17, 15) is 4.79 Å². The van der Waals surface area contributed by atoms with Gasteiger partial charge < -0.3 is 10.2 Å². The molecule has 1 fully saturated rings. The standard InChI is InChI=1S/C26H28ClN3OS/c1-19-7-8-20(2)25(17-19)32-22-11-9-21(10-12-22)28-26(31)18-29-13-15-30(16-14-29)24-6-4-3-5-23(24)27/h3-12,17H,13-16,18H2,1-2H3,(H,28,31). The predicted molar refractivity (Wildman–Crippen MR) is 135 cm³/mol. The predicted octanol–water partition coefficient (Wildman–Crippen LogP) is 5.87. The second-order valence-electron chi connectivity index (χ2n) is 8.16. The van der Waals surface area contributed by atoms with Gasteiger partial charge in [-0.1, -0.05) is 47.6 Å². The van der Waals surface area contributed by atoms with E-state index in [1.54, 1.807) is 11.8 Å². The second-order valence-corrected chi connectivity index (χ2v) is 9.68. The Morgan fingerprint density at radius 3 is 2.41 bits per heavy atom. The van der Waals surface area contributed by atoms with Gasteiger partial charge in [-0.15, -0.1) is 0 Å². The Bertz CT molecular complexity index is 1080. The molecule has 0 aromatic heterocycles. The minimum atomic E-state index is 0.0196. The fourth-order valence-corrected chi connectivity index (χ4v) is 5.06. The molecule has 3 aromatic rings. The molecule has 0 radical (unpaired) electrons. The lowest BCUT2D eigenvalue weighted by molar-refractivity contribution is -0.117. The van der Waals surface area contributed by atoms with E-state index in [2.05, 4.69) is 59.3 Å². The number of halogens is 1. The number of carbonyl (C=O) groups is 1. The van der Waals surface area contributed by atoms with Crippen LogP contribution in [0.5, 0.6) is 0 Å². The fraction of sp³-hybridized carbons (Fsp3) is 0.269. The van der Waals surface area contributed by atoms with Crippen molar-refractivity contribution in [2.45, 2.75) is 23.6 Å². The van der Waals surface area contributed by atoms with Crippen molar-refractivity contribution < 1.29 is 4.79 Å². The highest BCUT2D eigenvalue weighted by molar-refractivity contribution is 7.99. The maximum atomic E-state index is 12.6. The molecule has 0 bridgehead atoms. The van der Waals surface area contributed by atoms with Gasteiger partial charge in [0.1, 0.15) is 0 Å². The summed E-state index contributed by atoms with van der Waals surface area (Å²) < 4.78 is 0. The zero-order valence-corrected chi connectivity index (χ0v) is 20.0. The maximum absolute atomic E-state index is 12.6. The number of rotatable bonds is 6. The van der Waals surface area contributed by atoms with Crippen molar-refractivity contribution in [2.24, 2.45) is 0 Å². The first kappa shape index (κ1) is 22.7. The SMILES string of the molecule is Cc1ccc(C)c(Sc2ccc(NC(=O)CN3CCN(c4ccccc4Cl)CC3)cc2)c1. The summed E-state index contributed by atoms with van der Waals surface area (Å²) in [7, 11) is 0. The highest BCUT2D eigenvalue weighted by atomic mass is 35.5. The molecule has 1 N–H and O–H groups in total. The van der Waals surface area contributed by atoms with Crippen LogP contribution < -0.4 is 10.2 Å². The first-order valence-electron chi connectivity index (χ1n) is 10.8. The van der Waals surface area contributed by atoms with Gasteiger partial charge in [-0.2, -0.15) is 0 Å². The number of nitrogens with one attached hydrogen (secondary N) is 1. The molecule has 6 heteroatoms. The van der Waals surface area contributed by atoms with Crippen molar-refractivity contribution in [3.63, 3.8) is 0 Å². The Balaban J connectivity index is 1.26. The largest absolute Gasteiger partial charge is 0.368 e. The Hall–Kier alpha value is -2.47. The zero-order chi connectivity index (χ0) is 22.5. The van der Waals surface area contributed by atoms with Crippen LogP contribution in [-0.4, -0.2) is 43.5 Å². The summed E-state index contributed by atoms with van der Waals surface area (Å²) in [5.74, 6) is 0.0196. The van der Waals surface area contributed by atoms with Crippen LogP contribution >= 0.6 is 23.4 Å². The molecule has 1 aliphatic heterocycles. The van der Waals surface area contributed by atoms with Crippen molar-refractivity contribution in [1.82, 2.24) is 4.90 Å². The van der Waals surface area contributed by atoms with E-state index in [0.29, 0.717) is 6.54 Å². The molecule has 4 nitrogen and oxygen atoms in total. The van der Waals surface area contributed by atoms with E-state index in [-0.39, 0.29) is 5.91 Å². The van der Waals surface area contributed by atoms with Crippen LogP contribution in [0.15, 0.2) is 76.5 Å². The van der Waals surface area contributed by atoms with Gasteiger partial charge in [0.25, 0.3) is 0 Å². The molecule has 1 heterocycles. The highest BCUT2D eigenvalue weighted by Gasteiger charge is 2.20. The van der Waals surface area contributed by atoms with Gasteiger partial charge in [-0.05, 0) is 67.4 Å². The molecule has 0 unspecified atom stereocenters. The van der Waals surface area contributed by atoms with Crippen LogP contribution in [0.1, 0.15) is 11.1 Å². The molecule has 166 valence electrons. The van der Waals surface area contributed by atoms with Crippen LogP contribution in [0.3, 0.4) is 0 Å². The summed E-state index contributed by atoms with van der Waals surface area (Å²) >= 11 is 8.07. The summed E-state index contributed by atoms with van der Waals surface area (Å²) in [6.07, 6.45) is 0. The lowest BCUT2D eigenvalue weighted by Gasteiger charge is -2.36. The van der Waals surface area contributed by atoms with Crippen molar-refractivity contribution in [3.8, 4) is 0 Å². The van der Waals surface area contributed by atoms with E-state index in [0.717, 1.165) is 47.5 Å². The average Bonchev–Trinajstić information content (AvgIpc) is 2.78. The van der Waals surface area contributed by atoms with Gasteiger partial charge in [-0.25, -0.2) is 0 Å². The summed E-state index contributed by atoms with van der Waals surface area (Å²) in [6.45, 7) is 8.04. The van der Waals surface area contributed by atoms with Crippen LogP contribution in [0.25, 0.3) is 0 Å². The first-order chi connectivity index (χ1) is 15.5. The second kappa shape index (κ2) is 10.4. The molecule has 1 aliphatic rings. The van der Waals surface area contributed by atoms with Crippen molar-refractivity contribution >= 4 is 40.6 Å². The van der Waals surface area contributed by atoms with E-state index in [4.69, 9.17) is 11.6 Å². The summed E-state index contributed by atoms with van der Waals surface area (Å²) in [5.41, 5.74) is 4.43. The van der Waals surface area contributed by atoms with Gasteiger partial charge in [0, 0.05) is 41.7 Å². The van der Waals surface area contributed by atoms with Gasteiger partial charge in [0.05, 0.1) is 17.3 Å². The molecule has 0 spiro atoms. The lowest BCUT2D eigenvalue weighted by atomic mass is 10.2. The van der Waals surface area contributed by atoms with Crippen molar-refractivity contribution in [1.29, 1.82) is 0 Å². The zero-order valence-electron chi connectivity index (χ0n) is 18.5. The van der Waals surface area contributed by atoms with Gasteiger partial charge in [0.2, 0.25) is 5.91 Å². The normalized spacial score (nSPS) is 14.4. The summed E-state index contributed by atoms with van der Waals surface area (Å²) in [4.78, 5) is 19.4. The lowest BCUT2D eigenvalue weighted by Crippen LogP contribution is -2.48. The monoisotopic (exact) mass is 465 g/mol. The first-order valence-corrected chi connectivity index (χ1v) is 12.0. The molecule has 3 aromatic carbocycles. The Labute approximate surface area is 199 Å². The van der Waals surface area contributed by atoms with Crippen molar-refractivity contribution in [3.05, 3.63) is 82.9 Å². The number of para-hydroxylation sites is 1. The molecule has 4 rings (SSSR count). The summed E-state index contributed by atoms with van der Waals surface area (Å²) in [6, 6.07) is 22.5. The van der Waals surface area contributed by atoms with Gasteiger partial charge >= 0.3 is 0 Å². The molecule has 0 saturated carbocycles. The Morgan fingerprint density at radius 1 is 0.969 bits per heavy atom. The fourth-order valence-electron chi connectivity index (χ4n) is 3.81. The molecule has 0 atom stereocenters. The van der Waals surface area contributed by atoms with E-state index >= 15 is 0 Å². The number of carbonyl (C=O) groups excluding carboxylic acids is 1. The van der Waals surface area contributed by atoms with Gasteiger partial charge in [0.15, 0.2) is 0 Å². The summed E-state index contributed by atoms with van der Waals surface area (Å²) in [5, 5.41) is 3.80. The molecular weight excluding hydrogens is 438 g/mol. The molecule has 32 heavy (non-hydrogen) atoms. The van der Waals surface area contributed by atoms with E-state index in [1.165, 1.54) is 16.0 Å². The van der Waals surface area contributed by atoms with Crippen molar-refractivity contribution in [2.75, 3.05) is 42.9 Å². The third-order valence-corrected chi connectivity index (χ3v) is 7.13. The molecular formula is C26H28ClN3OS. The number of benzene rings is 3. The number of nitrogens with zero attached hydrogens (tertiary/aromatic N) is 2. The van der Waals surface area contributed by atoms with Gasteiger partial charge in [-0.3, -0.25) is 9.69 Å². The minimum absolute atomic E-state index is 0.0196. The average molecular weight is 466 g/mol. The number of hydrogen-bond donors (Lipinski definition) is 1. The Morgan fingerprint density at radius 2 is 1.69 bits per heavy atom. The number of piperazine rings is 1.